The van der Waals surface area contributed by atoms with Gasteiger partial charge in [-0.05, 0) is 36.4 Å². The lowest BCUT2D eigenvalue weighted by atomic mass is 10.2. The zero-order valence-electron chi connectivity index (χ0n) is 14.3. The Balaban J connectivity index is 1.46. The van der Waals surface area contributed by atoms with Crippen molar-refractivity contribution in [1.82, 2.24) is 15.1 Å². The second kappa shape index (κ2) is 7.35. The monoisotopic (exact) mass is 371 g/mol. The molecule has 3 aromatic rings. The maximum atomic E-state index is 6.19. The Bertz CT molecular complexity index is 913. The standard InChI is InChI=1S/C19H18ClN3O3/c1-2-23(10-13-7-8-16-17(9-13)25-12-24-16)11-18-21-22-19(26-18)14-5-3-4-6-15(14)20/h3-9H,2,10-12H2,1H3. The fourth-order valence-electron chi connectivity index (χ4n) is 2.83. The fraction of sp³-hybridized carbons (Fsp3) is 0.263. The molecule has 1 aliphatic rings. The number of hydrogen-bond acceptors (Lipinski definition) is 6. The van der Waals surface area contributed by atoms with Gasteiger partial charge in [-0.25, -0.2) is 0 Å². The lowest BCUT2D eigenvalue weighted by Gasteiger charge is -2.18. The van der Waals surface area contributed by atoms with Crippen molar-refractivity contribution in [3.05, 3.63) is 58.9 Å². The first-order valence-corrected chi connectivity index (χ1v) is 8.79. The molecule has 134 valence electrons. The highest BCUT2D eigenvalue weighted by atomic mass is 35.5. The van der Waals surface area contributed by atoms with Crippen LogP contribution in [0.25, 0.3) is 11.5 Å². The predicted molar refractivity (Wildman–Crippen MR) is 97.1 cm³/mol. The SMILES string of the molecule is CCN(Cc1ccc2c(c1)OCO2)Cc1nnc(-c2ccccc2Cl)o1. The normalized spacial score (nSPS) is 12.7. The Morgan fingerprint density at radius 1 is 1.04 bits per heavy atom. The summed E-state index contributed by atoms with van der Waals surface area (Å²) in [6.45, 7) is 4.53. The summed E-state index contributed by atoms with van der Waals surface area (Å²) >= 11 is 6.19. The van der Waals surface area contributed by atoms with Crippen molar-refractivity contribution in [1.29, 1.82) is 0 Å². The molecule has 4 rings (SSSR count). The third-order valence-corrected chi connectivity index (χ3v) is 4.55. The van der Waals surface area contributed by atoms with Crippen molar-refractivity contribution < 1.29 is 13.9 Å². The number of nitrogens with zero attached hydrogens (tertiary/aromatic N) is 3. The molecule has 0 bridgehead atoms. The first kappa shape index (κ1) is 16.9. The summed E-state index contributed by atoms with van der Waals surface area (Å²) in [7, 11) is 0. The van der Waals surface area contributed by atoms with Crippen LogP contribution in [0.15, 0.2) is 46.9 Å². The van der Waals surface area contributed by atoms with Gasteiger partial charge in [0.05, 0.1) is 17.1 Å². The first-order valence-electron chi connectivity index (χ1n) is 8.41. The average molecular weight is 372 g/mol. The quantitative estimate of drug-likeness (QED) is 0.649. The molecule has 0 N–H and O–H groups in total. The lowest BCUT2D eigenvalue weighted by molar-refractivity contribution is 0.174. The Morgan fingerprint density at radius 3 is 2.73 bits per heavy atom. The second-order valence-corrected chi connectivity index (χ2v) is 6.38. The number of halogens is 1. The molecule has 7 heteroatoms. The minimum absolute atomic E-state index is 0.281. The summed E-state index contributed by atoms with van der Waals surface area (Å²) in [5.41, 5.74) is 1.88. The number of fused-ring (bicyclic) bond motifs is 1. The Labute approximate surface area is 156 Å². The molecule has 2 aromatic carbocycles. The van der Waals surface area contributed by atoms with Crippen molar-refractivity contribution in [2.45, 2.75) is 20.0 Å². The summed E-state index contributed by atoms with van der Waals surface area (Å²) in [5, 5.41) is 8.88. The van der Waals surface area contributed by atoms with Crippen molar-refractivity contribution in [3.63, 3.8) is 0 Å². The highest BCUT2D eigenvalue weighted by Gasteiger charge is 2.16. The maximum Gasteiger partial charge on any atom is 0.249 e. The van der Waals surface area contributed by atoms with Gasteiger partial charge in [0, 0.05) is 6.54 Å². The summed E-state index contributed by atoms with van der Waals surface area (Å²) in [6.07, 6.45) is 0. The van der Waals surface area contributed by atoms with E-state index in [9.17, 15) is 0 Å². The van der Waals surface area contributed by atoms with Gasteiger partial charge in [-0.15, -0.1) is 10.2 Å². The minimum atomic E-state index is 0.281. The highest BCUT2D eigenvalue weighted by molar-refractivity contribution is 6.33. The Morgan fingerprint density at radius 2 is 1.88 bits per heavy atom. The number of ether oxygens (including phenoxy) is 2. The van der Waals surface area contributed by atoms with Crippen LogP contribution in [-0.4, -0.2) is 28.4 Å². The van der Waals surface area contributed by atoms with Gasteiger partial charge in [0.1, 0.15) is 0 Å². The third-order valence-electron chi connectivity index (χ3n) is 4.22. The summed E-state index contributed by atoms with van der Waals surface area (Å²) in [6, 6.07) is 13.4. The molecule has 0 saturated carbocycles. The van der Waals surface area contributed by atoms with Crippen LogP contribution in [0.2, 0.25) is 5.02 Å². The Hall–Kier alpha value is -2.57. The molecule has 0 amide bonds. The predicted octanol–water partition coefficient (Wildman–Crippen LogP) is 4.14. The van der Waals surface area contributed by atoms with Gasteiger partial charge >= 0.3 is 0 Å². The molecule has 0 spiro atoms. The van der Waals surface area contributed by atoms with Gasteiger partial charge in [0.25, 0.3) is 0 Å². The molecule has 0 saturated heterocycles. The zero-order valence-corrected chi connectivity index (χ0v) is 15.1. The van der Waals surface area contributed by atoms with Gasteiger partial charge in [-0.1, -0.05) is 36.7 Å². The molecular weight excluding hydrogens is 354 g/mol. The number of rotatable bonds is 6. The molecule has 1 aliphatic heterocycles. The summed E-state index contributed by atoms with van der Waals surface area (Å²) in [5.74, 6) is 2.57. The average Bonchev–Trinajstić information content (AvgIpc) is 3.30. The van der Waals surface area contributed by atoms with Crippen LogP contribution in [-0.2, 0) is 13.1 Å². The van der Waals surface area contributed by atoms with E-state index in [4.69, 9.17) is 25.5 Å². The van der Waals surface area contributed by atoms with E-state index in [1.165, 1.54) is 0 Å². The van der Waals surface area contributed by atoms with E-state index in [2.05, 4.69) is 22.0 Å². The zero-order chi connectivity index (χ0) is 17.9. The molecule has 1 aromatic heterocycles. The molecular formula is C19H18ClN3O3. The van der Waals surface area contributed by atoms with E-state index in [1.54, 1.807) is 6.07 Å². The van der Waals surface area contributed by atoms with Gasteiger partial charge in [-0.3, -0.25) is 4.90 Å². The van der Waals surface area contributed by atoms with Gasteiger partial charge < -0.3 is 13.9 Å². The molecule has 0 radical (unpaired) electrons. The van der Waals surface area contributed by atoms with Crippen molar-refractivity contribution in [2.75, 3.05) is 13.3 Å². The van der Waals surface area contributed by atoms with Gasteiger partial charge in [0.2, 0.25) is 18.6 Å². The van der Waals surface area contributed by atoms with Crippen LogP contribution in [0.1, 0.15) is 18.4 Å². The molecule has 2 heterocycles. The van der Waals surface area contributed by atoms with Gasteiger partial charge in [-0.2, -0.15) is 0 Å². The maximum absolute atomic E-state index is 6.19. The number of hydrogen-bond donors (Lipinski definition) is 0. The van der Waals surface area contributed by atoms with Crippen molar-refractivity contribution in [3.8, 4) is 23.0 Å². The van der Waals surface area contributed by atoms with Crippen molar-refractivity contribution >= 4 is 11.6 Å². The van der Waals surface area contributed by atoms with E-state index < -0.39 is 0 Å². The smallest absolute Gasteiger partial charge is 0.249 e. The topological polar surface area (TPSA) is 60.6 Å². The van der Waals surface area contributed by atoms with Crippen LogP contribution >= 0.6 is 11.6 Å². The fourth-order valence-corrected chi connectivity index (χ4v) is 3.05. The lowest BCUT2D eigenvalue weighted by Crippen LogP contribution is -2.22. The van der Waals surface area contributed by atoms with E-state index >= 15 is 0 Å². The van der Waals surface area contributed by atoms with E-state index in [1.807, 2.05) is 36.4 Å². The van der Waals surface area contributed by atoms with E-state index in [-0.39, 0.29) is 6.79 Å². The highest BCUT2D eigenvalue weighted by Crippen LogP contribution is 2.33. The van der Waals surface area contributed by atoms with Crippen LogP contribution in [0.3, 0.4) is 0 Å². The van der Waals surface area contributed by atoms with Crippen LogP contribution < -0.4 is 9.47 Å². The minimum Gasteiger partial charge on any atom is -0.454 e. The number of aromatic nitrogens is 2. The molecule has 0 aliphatic carbocycles. The van der Waals surface area contributed by atoms with E-state index in [0.717, 1.165) is 35.7 Å². The first-order chi connectivity index (χ1) is 12.7. The molecule has 0 unspecified atom stereocenters. The molecule has 0 fully saturated rings. The molecule has 0 atom stereocenters. The molecule has 26 heavy (non-hydrogen) atoms. The van der Waals surface area contributed by atoms with E-state index in [0.29, 0.717) is 23.3 Å². The summed E-state index contributed by atoms with van der Waals surface area (Å²) < 4.78 is 16.6. The Kier molecular flexibility index (Phi) is 4.77. The third kappa shape index (κ3) is 3.52. The van der Waals surface area contributed by atoms with Crippen LogP contribution in [0, 0.1) is 0 Å². The summed E-state index contributed by atoms with van der Waals surface area (Å²) in [4.78, 5) is 2.21. The van der Waals surface area contributed by atoms with Gasteiger partial charge in [0.15, 0.2) is 11.5 Å². The largest absolute Gasteiger partial charge is 0.454 e. The van der Waals surface area contributed by atoms with Crippen molar-refractivity contribution in [2.24, 2.45) is 0 Å². The van der Waals surface area contributed by atoms with Crippen LogP contribution in [0.5, 0.6) is 11.5 Å². The number of benzene rings is 2. The second-order valence-electron chi connectivity index (χ2n) is 5.97. The van der Waals surface area contributed by atoms with Crippen LogP contribution in [0.4, 0.5) is 0 Å². The molecule has 6 nitrogen and oxygen atoms in total.